The van der Waals surface area contributed by atoms with Gasteiger partial charge in [-0.3, -0.25) is 0 Å². The van der Waals surface area contributed by atoms with Crippen LogP contribution >= 0.6 is 11.6 Å². The number of hydrogen-bond donors (Lipinski definition) is 1. The smallest absolute Gasteiger partial charge is 0.152 e. The van der Waals surface area contributed by atoms with Gasteiger partial charge in [0, 0.05) is 0 Å². The van der Waals surface area contributed by atoms with Crippen LogP contribution in [0.3, 0.4) is 0 Å². The lowest BCUT2D eigenvalue weighted by Crippen LogP contribution is -1.96. The van der Waals surface area contributed by atoms with Crippen LogP contribution in [0.25, 0.3) is 0 Å². The van der Waals surface area contributed by atoms with Crippen molar-refractivity contribution in [2.75, 3.05) is 0 Å². The second kappa shape index (κ2) is 2.43. The number of nitrogens with zero attached hydrogens (tertiary/aromatic N) is 2. The van der Waals surface area contributed by atoms with Gasteiger partial charge in [-0.15, -0.1) is 5.10 Å². The van der Waals surface area contributed by atoms with E-state index in [4.69, 9.17) is 11.6 Å². The fraction of sp³-hybridized carbons (Fsp3) is 0.429. The van der Waals surface area contributed by atoms with Crippen molar-refractivity contribution >= 4 is 11.6 Å². The Morgan fingerprint density at radius 1 is 1.55 bits per heavy atom. The van der Waals surface area contributed by atoms with Crippen LogP contribution in [0.5, 0.6) is 0 Å². The number of halogens is 1. The highest BCUT2D eigenvalue weighted by molar-refractivity contribution is 6.29. The third-order valence-electron chi connectivity index (χ3n) is 1.88. The summed E-state index contributed by atoms with van der Waals surface area (Å²) in [6, 6.07) is 1.76. The maximum atomic E-state index is 9.33. The molecule has 11 heavy (non-hydrogen) atoms. The largest absolute Gasteiger partial charge is 0.387 e. The topological polar surface area (TPSA) is 46.0 Å². The Balaban J connectivity index is 2.50. The summed E-state index contributed by atoms with van der Waals surface area (Å²) in [5, 5.41) is 17.2. The van der Waals surface area contributed by atoms with Crippen molar-refractivity contribution in [1.82, 2.24) is 10.2 Å². The van der Waals surface area contributed by atoms with Gasteiger partial charge in [0.2, 0.25) is 0 Å². The minimum absolute atomic E-state index is 0.401. The van der Waals surface area contributed by atoms with Gasteiger partial charge in [-0.25, -0.2) is 0 Å². The van der Waals surface area contributed by atoms with Gasteiger partial charge in [-0.05, 0) is 24.5 Å². The van der Waals surface area contributed by atoms with E-state index in [9.17, 15) is 5.11 Å². The average Bonchev–Trinajstić information content (AvgIpc) is 2.32. The van der Waals surface area contributed by atoms with Crippen LogP contribution in [-0.4, -0.2) is 15.3 Å². The van der Waals surface area contributed by atoms with Crippen molar-refractivity contribution in [2.24, 2.45) is 0 Å². The molecule has 0 fully saturated rings. The Labute approximate surface area is 69.0 Å². The molecule has 1 aliphatic rings. The van der Waals surface area contributed by atoms with Crippen molar-refractivity contribution in [1.29, 1.82) is 0 Å². The number of aryl methyl sites for hydroxylation is 1. The molecule has 1 heterocycles. The van der Waals surface area contributed by atoms with E-state index in [1.807, 2.05) is 0 Å². The third-order valence-corrected chi connectivity index (χ3v) is 2.06. The van der Waals surface area contributed by atoms with Crippen LogP contribution < -0.4 is 0 Å². The zero-order valence-electron chi connectivity index (χ0n) is 5.79. The Hall–Kier alpha value is -0.670. The summed E-state index contributed by atoms with van der Waals surface area (Å²) in [6.45, 7) is 0. The van der Waals surface area contributed by atoms with E-state index in [1.165, 1.54) is 0 Å². The van der Waals surface area contributed by atoms with E-state index in [0.29, 0.717) is 10.8 Å². The summed E-state index contributed by atoms with van der Waals surface area (Å²) >= 11 is 5.62. The highest BCUT2D eigenvalue weighted by Gasteiger charge is 2.22. The number of hydrogen-bond acceptors (Lipinski definition) is 3. The van der Waals surface area contributed by atoms with Crippen molar-refractivity contribution in [2.45, 2.75) is 18.9 Å². The van der Waals surface area contributed by atoms with Crippen LogP contribution in [0.15, 0.2) is 6.07 Å². The van der Waals surface area contributed by atoms with Gasteiger partial charge in [0.15, 0.2) is 5.15 Å². The van der Waals surface area contributed by atoms with E-state index < -0.39 is 6.10 Å². The van der Waals surface area contributed by atoms with Gasteiger partial charge in [0.05, 0.1) is 11.8 Å². The second-order valence-corrected chi connectivity index (χ2v) is 3.02. The van der Waals surface area contributed by atoms with E-state index in [0.717, 1.165) is 18.4 Å². The number of fused-ring (bicyclic) bond motifs is 1. The first-order chi connectivity index (χ1) is 5.27. The molecule has 0 saturated heterocycles. The maximum Gasteiger partial charge on any atom is 0.152 e. The predicted molar refractivity (Wildman–Crippen MR) is 40.3 cm³/mol. The molecule has 1 aromatic heterocycles. The van der Waals surface area contributed by atoms with Crippen LogP contribution in [0.4, 0.5) is 0 Å². The minimum Gasteiger partial charge on any atom is -0.387 e. The van der Waals surface area contributed by atoms with Crippen LogP contribution in [0.1, 0.15) is 23.8 Å². The number of aliphatic hydroxyl groups is 1. The fourth-order valence-electron chi connectivity index (χ4n) is 1.32. The van der Waals surface area contributed by atoms with Gasteiger partial charge in [0.1, 0.15) is 0 Å². The molecule has 0 amide bonds. The lowest BCUT2D eigenvalue weighted by Gasteiger charge is -1.99. The summed E-state index contributed by atoms with van der Waals surface area (Å²) in [6.07, 6.45) is 1.16. The lowest BCUT2D eigenvalue weighted by atomic mass is 10.2. The molecule has 0 aliphatic heterocycles. The zero-order valence-corrected chi connectivity index (χ0v) is 6.54. The summed E-state index contributed by atoms with van der Waals surface area (Å²) in [5.41, 5.74) is 1.71. The monoisotopic (exact) mass is 170 g/mol. The highest BCUT2D eigenvalue weighted by Crippen LogP contribution is 2.29. The molecule has 1 aromatic rings. The van der Waals surface area contributed by atoms with E-state index in [-0.39, 0.29) is 0 Å². The Morgan fingerprint density at radius 3 is 3.18 bits per heavy atom. The molecule has 1 N–H and O–H groups in total. The summed E-state index contributed by atoms with van der Waals surface area (Å²) in [4.78, 5) is 0. The minimum atomic E-state index is -0.435. The molecule has 58 valence electrons. The van der Waals surface area contributed by atoms with Crippen molar-refractivity contribution < 1.29 is 5.11 Å². The third kappa shape index (κ3) is 1.10. The molecule has 0 saturated carbocycles. The number of aliphatic hydroxyl groups excluding tert-OH is 1. The van der Waals surface area contributed by atoms with Gasteiger partial charge >= 0.3 is 0 Å². The molecule has 0 radical (unpaired) electrons. The molecule has 4 heteroatoms. The molecule has 2 rings (SSSR count). The van der Waals surface area contributed by atoms with Crippen molar-refractivity contribution in [3.63, 3.8) is 0 Å². The summed E-state index contributed by atoms with van der Waals surface area (Å²) in [7, 11) is 0. The highest BCUT2D eigenvalue weighted by atomic mass is 35.5. The van der Waals surface area contributed by atoms with Crippen LogP contribution in [0, 0.1) is 0 Å². The van der Waals surface area contributed by atoms with Crippen LogP contribution in [-0.2, 0) is 6.42 Å². The Bertz CT molecular complexity index is 290. The predicted octanol–water partition coefficient (Wildman–Crippen LogP) is 1.11. The zero-order chi connectivity index (χ0) is 7.84. The van der Waals surface area contributed by atoms with Gasteiger partial charge in [-0.2, -0.15) is 5.10 Å². The molecule has 1 unspecified atom stereocenters. The molecular weight excluding hydrogens is 164 g/mol. The number of rotatable bonds is 0. The summed E-state index contributed by atoms with van der Waals surface area (Å²) < 4.78 is 0. The van der Waals surface area contributed by atoms with Crippen molar-refractivity contribution in [3.05, 3.63) is 22.5 Å². The quantitative estimate of drug-likeness (QED) is 0.635. The molecule has 0 aromatic carbocycles. The maximum absolute atomic E-state index is 9.33. The lowest BCUT2D eigenvalue weighted by molar-refractivity contribution is 0.175. The van der Waals surface area contributed by atoms with Gasteiger partial charge in [-0.1, -0.05) is 11.6 Å². The van der Waals surface area contributed by atoms with E-state index in [2.05, 4.69) is 10.2 Å². The van der Waals surface area contributed by atoms with Crippen molar-refractivity contribution in [3.8, 4) is 0 Å². The standard InChI is InChI=1S/C7H7ClN2O/c8-6-3-4-1-2-5(11)7(4)10-9-6/h3,5,11H,1-2H2. The molecule has 1 atom stereocenters. The molecular formula is C7H7ClN2O. The molecule has 1 aliphatic carbocycles. The first kappa shape index (κ1) is 7.00. The number of aromatic nitrogens is 2. The molecule has 0 bridgehead atoms. The Morgan fingerprint density at radius 2 is 2.36 bits per heavy atom. The molecule has 3 nitrogen and oxygen atoms in total. The van der Waals surface area contributed by atoms with E-state index in [1.54, 1.807) is 6.07 Å². The van der Waals surface area contributed by atoms with Gasteiger partial charge < -0.3 is 5.11 Å². The SMILES string of the molecule is OC1CCc2cc(Cl)nnc21. The average molecular weight is 171 g/mol. The van der Waals surface area contributed by atoms with Crippen LogP contribution in [0.2, 0.25) is 5.15 Å². The normalized spacial score (nSPS) is 21.8. The van der Waals surface area contributed by atoms with Gasteiger partial charge in [0.25, 0.3) is 0 Å². The molecule has 0 spiro atoms. The first-order valence-corrected chi connectivity index (χ1v) is 3.85. The fourth-order valence-corrected chi connectivity index (χ4v) is 1.49. The van der Waals surface area contributed by atoms with E-state index >= 15 is 0 Å². The second-order valence-electron chi connectivity index (χ2n) is 2.63. The Kier molecular flexibility index (Phi) is 1.55. The first-order valence-electron chi connectivity index (χ1n) is 3.47. The summed E-state index contributed by atoms with van der Waals surface area (Å²) in [5.74, 6) is 0.